The van der Waals surface area contributed by atoms with Crippen LogP contribution in [-0.4, -0.2) is 28.9 Å². The normalized spacial score (nSPS) is 15.6. The van der Waals surface area contributed by atoms with Crippen LogP contribution in [-0.2, 0) is 6.54 Å². The Morgan fingerprint density at radius 1 is 1.06 bits per heavy atom. The van der Waals surface area contributed by atoms with Gasteiger partial charge < -0.3 is 16.4 Å². The molecule has 4 rings (SSSR count). The average molecular weight is 415 g/mol. The number of hydrogen-bond acceptors (Lipinski definition) is 4. The molecule has 160 valence electrons. The van der Waals surface area contributed by atoms with E-state index in [1.54, 1.807) is 6.20 Å². The molecule has 1 aliphatic heterocycles. The standard InChI is InChI=1S/C26H30N4O/c1-18(24-8-9-25(28)29-17-24)21-5-3-7-23(15-21)26(31)30-12-10-20(11-13-30)22-6-2-4-19(14-22)16-27/h2-9,14-15,17-18,20H,10-13,16,27H2,1H3,(H2,28,29). The Kier molecular flexibility index (Phi) is 6.33. The molecule has 0 aliphatic carbocycles. The van der Waals surface area contributed by atoms with E-state index in [4.69, 9.17) is 11.5 Å². The number of piperidine rings is 1. The summed E-state index contributed by atoms with van der Waals surface area (Å²) in [6, 6.07) is 20.3. The summed E-state index contributed by atoms with van der Waals surface area (Å²) in [6.45, 7) is 4.24. The molecule has 1 atom stereocenters. The van der Waals surface area contributed by atoms with Gasteiger partial charge in [-0.05, 0) is 59.2 Å². The number of carbonyl (C=O) groups excluding carboxylic acids is 1. The minimum Gasteiger partial charge on any atom is -0.384 e. The molecule has 1 saturated heterocycles. The Morgan fingerprint density at radius 2 is 1.84 bits per heavy atom. The number of carbonyl (C=O) groups is 1. The fourth-order valence-corrected chi connectivity index (χ4v) is 4.38. The van der Waals surface area contributed by atoms with Gasteiger partial charge in [0.15, 0.2) is 0 Å². The monoisotopic (exact) mass is 414 g/mol. The molecule has 1 aromatic heterocycles. The summed E-state index contributed by atoms with van der Waals surface area (Å²) >= 11 is 0. The van der Waals surface area contributed by atoms with Crippen molar-refractivity contribution < 1.29 is 4.79 Å². The predicted molar refractivity (Wildman–Crippen MR) is 125 cm³/mol. The highest BCUT2D eigenvalue weighted by Crippen LogP contribution is 2.30. The number of anilines is 1. The number of benzene rings is 2. The van der Waals surface area contributed by atoms with Crippen molar-refractivity contribution in [1.29, 1.82) is 0 Å². The van der Waals surface area contributed by atoms with Crippen LogP contribution >= 0.6 is 0 Å². The van der Waals surface area contributed by atoms with Crippen molar-refractivity contribution in [3.05, 3.63) is 94.7 Å². The van der Waals surface area contributed by atoms with E-state index in [-0.39, 0.29) is 11.8 Å². The summed E-state index contributed by atoms with van der Waals surface area (Å²) in [7, 11) is 0. The van der Waals surface area contributed by atoms with Gasteiger partial charge in [0.1, 0.15) is 5.82 Å². The van der Waals surface area contributed by atoms with E-state index < -0.39 is 0 Å². The van der Waals surface area contributed by atoms with Crippen molar-refractivity contribution in [1.82, 2.24) is 9.88 Å². The predicted octanol–water partition coefficient (Wildman–Crippen LogP) is 4.29. The number of hydrogen-bond donors (Lipinski definition) is 2. The minimum atomic E-state index is 0.110. The molecule has 5 nitrogen and oxygen atoms in total. The molecule has 0 radical (unpaired) electrons. The van der Waals surface area contributed by atoms with Crippen molar-refractivity contribution >= 4 is 11.7 Å². The summed E-state index contributed by atoms with van der Waals surface area (Å²) in [5.41, 5.74) is 16.9. The van der Waals surface area contributed by atoms with E-state index >= 15 is 0 Å². The third kappa shape index (κ3) is 4.78. The Balaban J connectivity index is 1.43. The lowest BCUT2D eigenvalue weighted by molar-refractivity contribution is 0.0713. The van der Waals surface area contributed by atoms with Crippen molar-refractivity contribution in [2.75, 3.05) is 18.8 Å². The van der Waals surface area contributed by atoms with Gasteiger partial charge in [-0.3, -0.25) is 4.79 Å². The van der Waals surface area contributed by atoms with Crippen LogP contribution in [0.4, 0.5) is 5.82 Å². The molecule has 2 heterocycles. The van der Waals surface area contributed by atoms with Gasteiger partial charge in [0, 0.05) is 37.3 Å². The van der Waals surface area contributed by atoms with Gasteiger partial charge in [-0.25, -0.2) is 4.98 Å². The largest absolute Gasteiger partial charge is 0.384 e. The topological polar surface area (TPSA) is 85.2 Å². The number of nitrogen functional groups attached to an aromatic ring is 1. The van der Waals surface area contributed by atoms with Crippen LogP contribution in [0.2, 0.25) is 0 Å². The molecule has 4 N–H and O–H groups in total. The van der Waals surface area contributed by atoms with Gasteiger partial charge in [-0.15, -0.1) is 0 Å². The highest BCUT2D eigenvalue weighted by Gasteiger charge is 2.25. The molecule has 1 unspecified atom stereocenters. The third-order valence-corrected chi connectivity index (χ3v) is 6.38. The second kappa shape index (κ2) is 9.31. The fraction of sp³-hybridized carbons (Fsp3) is 0.308. The first-order valence-corrected chi connectivity index (χ1v) is 10.9. The van der Waals surface area contributed by atoms with Gasteiger partial charge >= 0.3 is 0 Å². The number of aromatic nitrogens is 1. The van der Waals surface area contributed by atoms with Crippen molar-refractivity contribution in [2.45, 2.75) is 38.1 Å². The number of amides is 1. The van der Waals surface area contributed by atoms with Gasteiger partial charge in [0.05, 0.1) is 0 Å². The summed E-state index contributed by atoms with van der Waals surface area (Å²) in [4.78, 5) is 19.4. The maximum atomic E-state index is 13.2. The number of nitrogens with two attached hydrogens (primary N) is 2. The zero-order chi connectivity index (χ0) is 21.8. The smallest absolute Gasteiger partial charge is 0.253 e. The fourth-order valence-electron chi connectivity index (χ4n) is 4.38. The van der Waals surface area contributed by atoms with Crippen LogP contribution < -0.4 is 11.5 Å². The maximum Gasteiger partial charge on any atom is 0.253 e. The number of likely N-dealkylation sites (tertiary alicyclic amines) is 1. The molecule has 2 aromatic carbocycles. The van der Waals surface area contributed by atoms with E-state index in [1.165, 1.54) is 11.1 Å². The van der Waals surface area contributed by atoms with Crippen LogP contribution in [0, 0.1) is 0 Å². The lowest BCUT2D eigenvalue weighted by Gasteiger charge is -2.32. The molecule has 1 amide bonds. The molecule has 5 heteroatoms. The first kappa shape index (κ1) is 21.1. The van der Waals surface area contributed by atoms with E-state index in [2.05, 4.69) is 42.2 Å². The molecule has 1 fully saturated rings. The lowest BCUT2D eigenvalue weighted by atomic mass is 9.88. The van der Waals surface area contributed by atoms with Crippen LogP contribution in [0.15, 0.2) is 66.9 Å². The zero-order valence-electron chi connectivity index (χ0n) is 18.0. The molecule has 0 saturated carbocycles. The van der Waals surface area contributed by atoms with E-state index in [1.807, 2.05) is 35.2 Å². The summed E-state index contributed by atoms with van der Waals surface area (Å²) in [5.74, 6) is 1.25. The average Bonchev–Trinajstić information content (AvgIpc) is 2.84. The first-order chi connectivity index (χ1) is 15.0. The van der Waals surface area contributed by atoms with Gasteiger partial charge in [0.2, 0.25) is 0 Å². The highest BCUT2D eigenvalue weighted by atomic mass is 16.2. The molecule has 0 spiro atoms. The quantitative estimate of drug-likeness (QED) is 0.652. The number of nitrogens with zero attached hydrogens (tertiary/aromatic N) is 2. The van der Waals surface area contributed by atoms with Crippen molar-refractivity contribution in [3.8, 4) is 0 Å². The third-order valence-electron chi connectivity index (χ3n) is 6.38. The lowest BCUT2D eigenvalue weighted by Crippen LogP contribution is -2.38. The second-order valence-corrected chi connectivity index (χ2v) is 8.38. The van der Waals surface area contributed by atoms with Crippen LogP contribution in [0.1, 0.15) is 64.2 Å². The Hall–Kier alpha value is -3.18. The van der Waals surface area contributed by atoms with E-state index in [0.717, 1.165) is 42.6 Å². The second-order valence-electron chi connectivity index (χ2n) is 8.38. The molecule has 31 heavy (non-hydrogen) atoms. The Labute approximate surface area is 184 Å². The molecule has 0 bridgehead atoms. The Morgan fingerprint density at radius 3 is 2.55 bits per heavy atom. The van der Waals surface area contributed by atoms with E-state index in [9.17, 15) is 4.79 Å². The SMILES string of the molecule is CC(c1ccc(N)nc1)c1cccc(C(=O)N2CCC(c3cccc(CN)c3)CC2)c1. The van der Waals surface area contributed by atoms with Crippen molar-refractivity contribution in [3.63, 3.8) is 0 Å². The number of rotatable bonds is 5. The Bertz CT molecular complexity index is 1040. The van der Waals surface area contributed by atoms with Crippen LogP contribution in [0.5, 0.6) is 0 Å². The maximum absolute atomic E-state index is 13.2. The van der Waals surface area contributed by atoms with Gasteiger partial charge in [-0.2, -0.15) is 0 Å². The van der Waals surface area contributed by atoms with Crippen LogP contribution in [0.3, 0.4) is 0 Å². The van der Waals surface area contributed by atoms with Crippen molar-refractivity contribution in [2.24, 2.45) is 5.73 Å². The molecular weight excluding hydrogens is 384 g/mol. The molecular formula is C26H30N4O. The minimum absolute atomic E-state index is 0.110. The zero-order valence-corrected chi connectivity index (χ0v) is 18.0. The summed E-state index contributed by atoms with van der Waals surface area (Å²) in [5, 5.41) is 0. The summed E-state index contributed by atoms with van der Waals surface area (Å²) in [6.07, 6.45) is 3.76. The van der Waals surface area contributed by atoms with Crippen LogP contribution in [0.25, 0.3) is 0 Å². The summed E-state index contributed by atoms with van der Waals surface area (Å²) < 4.78 is 0. The number of pyridine rings is 1. The van der Waals surface area contributed by atoms with E-state index in [0.29, 0.717) is 18.3 Å². The van der Waals surface area contributed by atoms with Gasteiger partial charge in [-0.1, -0.05) is 49.4 Å². The molecule has 1 aliphatic rings. The molecule has 3 aromatic rings. The highest BCUT2D eigenvalue weighted by molar-refractivity contribution is 5.94. The first-order valence-electron chi connectivity index (χ1n) is 10.9. The van der Waals surface area contributed by atoms with Gasteiger partial charge in [0.25, 0.3) is 5.91 Å².